The van der Waals surface area contributed by atoms with E-state index in [1.165, 1.54) is 5.56 Å². The Kier molecular flexibility index (Phi) is 3.46. The number of pyridine rings is 1. The Morgan fingerprint density at radius 2 is 2.18 bits per heavy atom. The third-order valence-electron chi connectivity index (χ3n) is 2.51. The number of aromatic nitrogens is 1. The summed E-state index contributed by atoms with van der Waals surface area (Å²) in [5.74, 6) is 5.89. The van der Waals surface area contributed by atoms with E-state index in [4.69, 9.17) is 5.73 Å². The highest BCUT2D eigenvalue weighted by Crippen LogP contribution is 2.33. The summed E-state index contributed by atoms with van der Waals surface area (Å²) < 4.78 is 0. The third-order valence-corrected chi connectivity index (χ3v) is 3.57. The van der Waals surface area contributed by atoms with Gasteiger partial charge in [0.15, 0.2) is 0 Å². The predicted molar refractivity (Wildman–Crippen MR) is 73.9 cm³/mol. The van der Waals surface area contributed by atoms with Crippen LogP contribution in [0.4, 0.5) is 5.00 Å². The van der Waals surface area contributed by atoms with Gasteiger partial charge in [-0.25, -0.2) is 0 Å². The van der Waals surface area contributed by atoms with Crippen molar-refractivity contribution < 1.29 is 0 Å². The van der Waals surface area contributed by atoms with E-state index in [2.05, 4.69) is 29.8 Å². The lowest BCUT2D eigenvalue weighted by molar-refractivity contribution is 1.16. The van der Waals surface area contributed by atoms with Crippen LogP contribution in [0.25, 0.3) is 10.4 Å². The Morgan fingerprint density at radius 1 is 1.35 bits per heavy atom. The van der Waals surface area contributed by atoms with Crippen LogP contribution in [0.2, 0.25) is 0 Å². The SMILES string of the molecule is CC#Cc1cncc(-c2cc(CC)c(N)s2)c1. The van der Waals surface area contributed by atoms with E-state index in [0.29, 0.717) is 0 Å². The van der Waals surface area contributed by atoms with Gasteiger partial charge < -0.3 is 5.73 Å². The normalized spacial score (nSPS) is 9.76. The molecule has 2 aromatic heterocycles. The zero-order chi connectivity index (χ0) is 12.3. The number of anilines is 1. The first-order valence-electron chi connectivity index (χ1n) is 5.51. The minimum atomic E-state index is 0.898. The Morgan fingerprint density at radius 3 is 2.82 bits per heavy atom. The number of aryl methyl sites for hydroxylation is 1. The van der Waals surface area contributed by atoms with Crippen LogP contribution in [0.3, 0.4) is 0 Å². The fraction of sp³-hybridized carbons (Fsp3) is 0.214. The summed E-state index contributed by atoms with van der Waals surface area (Å²) in [4.78, 5) is 5.37. The van der Waals surface area contributed by atoms with Gasteiger partial charge in [0.05, 0.1) is 5.00 Å². The average Bonchev–Trinajstić information content (AvgIpc) is 2.71. The Bertz CT molecular complexity index is 588. The molecule has 0 atom stereocenters. The molecule has 2 heterocycles. The molecule has 0 unspecified atom stereocenters. The molecule has 2 nitrogen and oxygen atoms in total. The summed E-state index contributed by atoms with van der Waals surface area (Å²) >= 11 is 1.61. The van der Waals surface area contributed by atoms with E-state index in [1.807, 2.05) is 19.2 Å². The summed E-state index contributed by atoms with van der Waals surface area (Å²) in [6.45, 7) is 3.93. The lowest BCUT2D eigenvalue weighted by Crippen LogP contribution is -1.83. The zero-order valence-corrected chi connectivity index (χ0v) is 10.8. The number of nitrogens with zero attached hydrogens (tertiary/aromatic N) is 1. The van der Waals surface area contributed by atoms with Gasteiger partial charge in [-0.2, -0.15) is 0 Å². The smallest absolute Gasteiger partial charge is 0.0895 e. The number of thiophene rings is 1. The monoisotopic (exact) mass is 242 g/mol. The van der Waals surface area contributed by atoms with Crippen LogP contribution in [0.5, 0.6) is 0 Å². The number of nitrogens with two attached hydrogens (primary N) is 1. The molecule has 2 aromatic rings. The van der Waals surface area contributed by atoms with Crippen molar-refractivity contribution in [1.29, 1.82) is 0 Å². The predicted octanol–water partition coefficient (Wildman–Crippen LogP) is 3.33. The molecule has 3 heteroatoms. The van der Waals surface area contributed by atoms with Gasteiger partial charge in [-0.1, -0.05) is 12.8 Å². The molecule has 0 saturated heterocycles. The van der Waals surface area contributed by atoms with Gasteiger partial charge in [0, 0.05) is 28.4 Å². The Labute approximate surface area is 106 Å². The lowest BCUT2D eigenvalue weighted by atomic mass is 10.1. The molecular weight excluding hydrogens is 228 g/mol. The molecule has 0 amide bonds. The van der Waals surface area contributed by atoms with E-state index < -0.39 is 0 Å². The first kappa shape index (κ1) is 11.7. The van der Waals surface area contributed by atoms with E-state index in [-0.39, 0.29) is 0 Å². The van der Waals surface area contributed by atoms with Crippen LogP contribution in [0, 0.1) is 11.8 Å². The molecular formula is C14H14N2S. The van der Waals surface area contributed by atoms with Crippen LogP contribution in [0.1, 0.15) is 25.0 Å². The van der Waals surface area contributed by atoms with Gasteiger partial charge in [0.1, 0.15) is 0 Å². The van der Waals surface area contributed by atoms with Gasteiger partial charge in [-0.05, 0) is 31.0 Å². The van der Waals surface area contributed by atoms with Crippen LogP contribution in [0.15, 0.2) is 24.5 Å². The van der Waals surface area contributed by atoms with E-state index in [0.717, 1.165) is 27.4 Å². The van der Waals surface area contributed by atoms with Crippen molar-refractivity contribution in [3.05, 3.63) is 35.7 Å². The summed E-state index contributed by atoms with van der Waals surface area (Å²) in [6.07, 6.45) is 4.59. The fourth-order valence-corrected chi connectivity index (χ4v) is 2.65. The van der Waals surface area contributed by atoms with Gasteiger partial charge in [0.2, 0.25) is 0 Å². The Hall–Kier alpha value is -1.79. The molecule has 0 aliphatic rings. The zero-order valence-electron chi connectivity index (χ0n) is 9.95. The van der Waals surface area contributed by atoms with Crippen LogP contribution in [-0.4, -0.2) is 4.98 Å². The Balaban J connectivity index is 2.44. The van der Waals surface area contributed by atoms with E-state index >= 15 is 0 Å². The van der Waals surface area contributed by atoms with Crippen molar-refractivity contribution in [2.75, 3.05) is 5.73 Å². The lowest BCUT2D eigenvalue weighted by Gasteiger charge is -1.96. The van der Waals surface area contributed by atoms with Gasteiger partial charge in [-0.3, -0.25) is 4.98 Å². The van der Waals surface area contributed by atoms with Gasteiger partial charge in [0.25, 0.3) is 0 Å². The molecule has 0 aliphatic carbocycles. The second kappa shape index (κ2) is 5.03. The molecule has 0 bridgehead atoms. The first-order chi connectivity index (χ1) is 8.24. The second-order valence-electron chi connectivity index (χ2n) is 3.69. The minimum Gasteiger partial charge on any atom is -0.390 e. The van der Waals surface area contributed by atoms with Crippen molar-refractivity contribution in [2.45, 2.75) is 20.3 Å². The molecule has 2 N–H and O–H groups in total. The van der Waals surface area contributed by atoms with Crippen molar-refractivity contribution in [3.8, 4) is 22.3 Å². The number of rotatable bonds is 2. The van der Waals surface area contributed by atoms with Crippen molar-refractivity contribution in [3.63, 3.8) is 0 Å². The standard InChI is InChI=1S/C14H14N2S/c1-3-5-10-6-12(9-16-8-10)13-7-11(4-2)14(15)17-13/h6-9H,4,15H2,1-2H3. The van der Waals surface area contributed by atoms with Crippen LogP contribution in [-0.2, 0) is 6.42 Å². The quantitative estimate of drug-likeness (QED) is 0.820. The number of nitrogen functional groups attached to an aromatic ring is 1. The molecule has 0 aliphatic heterocycles. The molecule has 0 fully saturated rings. The minimum absolute atomic E-state index is 0.898. The molecule has 0 aromatic carbocycles. The molecule has 0 radical (unpaired) electrons. The highest BCUT2D eigenvalue weighted by atomic mass is 32.1. The highest BCUT2D eigenvalue weighted by Gasteiger charge is 2.07. The summed E-state index contributed by atoms with van der Waals surface area (Å²) in [5, 5.41) is 0.898. The third kappa shape index (κ3) is 2.48. The van der Waals surface area contributed by atoms with Crippen molar-refractivity contribution in [1.82, 2.24) is 4.98 Å². The van der Waals surface area contributed by atoms with Crippen LogP contribution < -0.4 is 5.73 Å². The topological polar surface area (TPSA) is 38.9 Å². The van der Waals surface area contributed by atoms with Crippen molar-refractivity contribution >= 4 is 16.3 Å². The van der Waals surface area contributed by atoms with E-state index in [9.17, 15) is 0 Å². The van der Waals surface area contributed by atoms with E-state index in [1.54, 1.807) is 17.5 Å². The molecule has 0 spiro atoms. The second-order valence-corrected chi connectivity index (χ2v) is 4.77. The maximum Gasteiger partial charge on any atom is 0.0895 e. The fourth-order valence-electron chi connectivity index (χ4n) is 1.65. The molecule has 17 heavy (non-hydrogen) atoms. The summed E-state index contributed by atoms with van der Waals surface area (Å²) in [6, 6.07) is 4.19. The maximum absolute atomic E-state index is 5.96. The maximum atomic E-state index is 5.96. The van der Waals surface area contributed by atoms with Crippen molar-refractivity contribution in [2.24, 2.45) is 0 Å². The van der Waals surface area contributed by atoms with Crippen LogP contribution >= 0.6 is 11.3 Å². The number of hydrogen-bond donors (Lipinski definition) is 1. The number of hydrogen-bond acceptors (Lipinski definition) is 3. The average molecular weight is 242 g/mol. The highest BCUT2D eigenvalue weighted by molar-refractivity contribution is 7.19. The largest absolute Gasteiger partial charge is 0.390 e. The first-order valence-corrected chi connectivity index (χ1v) is 6.32. The van der Waals surface area contributed by atoms with Gasteiger partial charge in [-0.15, -0.1) is 17.3 Å². The van der Waals surface area contributed by atoms with Gasteiger partial charge >= 0.3 is 0 Å². The summed E-state index contributed by atoms with van der Waals surface area (Å²) in [5.41, 5.74) is 9.19. The summed E-state index contributed by atoms with van der Waals surface area (Å²) in [7, 11) is 0. The molecule has 86 valence electrons. The molecule has 2 rings (SSSR count). The molecule has 0 saturated carbocycles.